The summed E-state index contributed by atoms with van der Waals surface area (Å²) >= 11 is 0. The van der Waals surface area contributed by atoms with Gasteiger partial charge in [-0.2, -0.15) is 0 Å². The van der Waals surface area contributed by atoms with E-state index in [2.05, 4.69) is 10.0 Å². The molecule has 0 aliphatic carbocycles. The lowest BCUT2D eigenvalue weighted by atomic mass is 10.2. The van der Waals surface area contributed by atoms with Crippen molar-refractivity contribution in [2.45, 2.75) is 24.5 Å². The number of ether oxygens (including phenoxy) is 1. The van der Waals surface area contributed by atoms with E-state index in [9.17, 15) is 17.6 Å². The van der Waals surface area contributed by atoms with Crippen LogP contribution in [-0.2, 0) is 21.4 Å². The molecule has 2 aromatic carbocycles. The molecule has 0 saturated heterocycles. The van der Waals surface area contributed by atoms with Gasteiger partial charge in [0, 0.05) is 12.1 Å². The Kier molecular flexibility index (Phi) is 4.25. The van der Waals surface area contributed by atoms with Crippen LogP contribution in [0.5, 0.6) is 5.75 Å². The van der Waals surface area contributed by atoms with Crippen LogP contribution in [0.15, 0.2) is 47.4 Å². The molecule has 0 aromatic heterocycles. The summed E-state index contributed by atoms with van der Waals surface area (Å²) in [6.45, 7) is 1.42. The topological polar surface area (TPSA) is 84.5 Å². The maximum Gasteiger partial charge on any atom is 0.265 e. The average Bonchev–Trinajstić information content (AvgIpc) is 2.55. The molecule has 6 nitrogen and oxygen atoms in total. The number of carbonyl (C=O) groups is 1. The molecule has 126 valence electrons. The maximum absolute atomic E-state index is 13.6. The molecule has 0 fully saturated rings. The molecular formula is C16H15FN2O4S. The highest BCUT2D eigenvalue weighted by atomic mass is 32.2. The second kappa shape index (κ2) is 6.21. The molecule has 2 aromatic rings. The second-order valence-corrected chi connectivity index (χ2v) is 7.09. The molecular weight excluding hydrogens is 335 g/mol. The van der Waals surface area contributed by atoms with Crippen molar-refractivity contribution >= 4 is 21.6 Å². The molecule has 24 heavy (non-hydrogen) atoms. The summed E-state index contributed by atoms with van der Waals surface area (Å²) in [5, 5.41) is 2.59. The van der Waals surface area contributed by atoms with Crippen molar-refractivity contribution in [3.8, 4) is 5.75 Å². The van der Waals surface area contributed by atoms with Crippen LogP contribution < -0.4 is 14.8 Å². The minimum Gasteiger partial charge on any atom is -0.479 e. The van der Waals surface area contributed by atoms with Gasteiger partial charge in [0.15, 0.2) is 6.10 Å². The Hall–Kier alpha value is -2.45. The summed E-state index contributed by atoms with van der Waals surface area (Å²) in [7, 11) is -3.86. The Bertz CT molecular complexity index is 899. The average molecular weight is 350 g/mol. The first-order valence-corrected chi connectivity index (χ1v) is 8.70. The Morgan fingerprint density at radius 2 is 2.00 bits per heavy atom. The lowest BCUT2D eigenvalue weighted by molar-refractivity contribution is -0.122. The maximum atomic E-state index is 13.6. The van der Waals surface area contributed by atoms with Crippen molar-refractivity contribution in [2.75, 3.05) is 5.32 Å². The fraction of sp³-hybridized carbons (Fsp3) is 0.188. The van der Waals surface area contributed by atoms with Crippen LogP contribution in [0.3, 0.4) is 0 Å². The first-order chi connectivity index (χ1) is 11.4. The number of sulfonamides is 1. The molecule has 0 radical (unpaired) electrons. The third-order valence-electron chi connectivity index (χ3n) is 3.60. The highest BCUT2D eigenvalue weighted by molar-refractivity contribution is 7.89. The molecule has 1 heterocycles. The van der Waals surface area contributed by atoms with E-state index in [1.165, 1.54) is 36.4 Å². The lowest BCUT2D eigenvalue weighted by Gasteiger charge is -2.23. The van der Waals surface area contributed by atoms with Crippen molar-refractivity contribution in [1.82, 2.24) is 4.72 Å². The molecule has 1 aliphatic rings. The number of benzene rings is 2. The molecule has 1 unspecified atom stereocenters. The van der Waals surface area contributed by atoms with Gasteiger partial charge >= 0.3 is 0 Å². The van der Waals surface area contributed by atoms with Crippen LogP contribution in [0.25, 0.3) is 0 Å². The third-order valence-corrected chi connectivity index (χ3v) is 5.00. The van der Waals surface area contributed by atoms with Crippen LogP contribution in [-0.4, -0.2) is 20.4 Å². The number of hydrogen-bond acceptors (Lipinski definition) is 4. The van der Waals surface area contributed by atoms with Crippen molar-refractivity contribution in [3.05, 3.63) is 53.8 Å². The molecule has 1 amide bonds. The minimum absolute atomic E-state index is 0.0453. The number of rotatable bonds is 4. The van der Waals surface area contributed by atoms with Gasteiger partial charge in [-0.15, -0.1) is 0 Å². The van der Waals surface area contributed by atoms with Gasteiger partial charge in [0.1, 0.15) is 11.6 Å². The number of carbonyl (C=O) groups excluding carboxylic acids is 1. The van der Waals surface area contributed by atoms with Crippen LogP contribution in [0, 0.1) is 5.82 Å². The highest BCUT2D eigenvalue weighted by Crippen LogP contribution is 2.31. The van der Waals surface area contributed by atoms with E-state index >= 15 is 0 Å². The van der Waals surface area contributed by atoms with Gasteiger partial charge in [-0.3, -0.25) is 4.79 Å². The van der Waals surface area contributed by atoms with Crippen LogP contribution in [0.4, 0.5) is 10.1 Å². The number of nitrogens with one attached hydrogen (secondary N) is 2. The molecule has 1 aliphatic heterocycles. The molecule has 0 saturated carbocycles. The van der Waals surface area contributed by atoms with Gasteiger partial charge in [-0.25, -0.2) is 17.5 Å². The number of amides is 1. The standard InChI is InChI=1S/C16H15FN2O4S/c1-10-16(20)19-14-8-12(6-7-15(14)23-10)24(21,22)18-9-11-4-2-3-5-13(11)17/h2-8,10,18H,9H2,1H3,(H,19,20). The SMILES string of the molecule is CC1Oc2ccc(S(=O)(=O)NCc3ccccc3F)cc2NC1=O. The van der Waals surface area contributed by atoms with Gasteiger partial charge in [0.05, 0.1) is 10.6 Å². The molecule has 3 rings (SSSR count). The smallest absolute Gasteiger partial charge is 0.265 e. The monoisotopic (exact) mass is 350 g/mol. The van der Waals surface area contributed by atoms with Gasteiger partial charge in [0.25, 0.3) is 5.91 Å². The molecule has 1 atom stereocenters. The first kappa shape index (κ1) is 16.4. The van der Waals surface area contributed by atoms with Gasteiger partial charge in [-0.1, -0.05) is 18.2 Å². The van der Waals surface area contributed by atoms with Gasteiger partial charge < -0.3 is 10.1 Å². The summed E-state index contributed by atoms with van der Waals surface area (Å²) in [5.41, 5.74) is 0.524. The zero-order chi connectivity index (χ0) is 17.3. The second-order valence-electron chi connectivity index (χ2n) is 5.32. The van der Waals surface area contributed by atoms with Gasteiger partial charge in [0.2, 0.25) is 10.0 Å². The Balaban J connectivity index is 1.82. The summed E-state index contributed by atoms with van der Waals surface area (Å²) in [4.78, 5) is 11.6. The van der Waals surface area contributed by atoms with E-state index in [1.54, 1.807) is 13.0 Å². The zero-order valence-corrected chi connectivity index (χ0v) is 13.6. The van der Waals surface area contributed by atoms with E-state index in [0.717, 1.165) is 0 Å². The Labute approximate surface area is 138 Å². The molecule has 2 N–H and O–H groups in total. The quantitative estimate of drug-likeness (QED) is 0.884. The number of halogens is 1. The number of anilines is 1. The largest absolute Gasteiger partial charge is 0.479 e. The summed E-state index contributed by atoms with van der Waals surface area (Å²) < 4.78 is 46.0. The predicted octanol–water partition coefficient (Wildman–Crippen LogP) is 2.02. The predicted molar refractivity (Wildman–Crippen MR) is 85.6 cm³/mol. The van der Waals surface area contributed by atoms with Crippen LogP contribution in [0.1, 0.15) is 12.5 Å². The fourth-order valence-corrected chi connectivity index (χ4v) is 3.29. The van der Waals surface area contributed by atoms with E-state index < -0.39 is 21.9 Å². The molecule has 0 bridgehead atoms. The molecule has 8 heteroatoms. The van der Waals surface area contributed by atoms with Crippen molar-refractivity contribution in [2.24, 2.45) is 0 Å². The number of fused-ring (bicyclic) bond motifs is 1. The van der Waals surface area contributed by atoms with Crippen LogP contribution in [0.2, 0.25) is 0 Å². The third kappa shape index (κ3) is 3.24. The first-order valence-electron chi connectivity index (χ1n) is 7.21. The minimum atomic E-state index is -3.86. The Morgan fingerprint density at radius 3 is 2.75 bits per heavy atom. The molecule has 0 spiro atoms. The van der Waals surface area contributed by atoms with Crippen LogP contribution >= 0.6 is 0 Å². The highest BCUT2D eigenvalue weighted by Gasteiger charge is 2.25. The van der Waals surface area contributed by atoms with Crippen molar-refractivity contribution in [3.63, 3.8) is 0 Å². The van der Waals surface area contributed by atoms with E-state index in [4.69, 9.17) is 4.74 Å². The normalized spacial score (nSPS) is 16.9. The Morgan fingerprint density at radius 1 is 1.25 bits per heavy atom. The summed E-state index contributed by atoms with van der Waals surface area (Å²) in [6.07, 6.45) is -0.640. The van der Waals surface area contributed by atoms with Gasteiger partial charge in [-0.05, 0) is 31.2 Å². The van der Waals surface area contributed by atoms with E-state index in [1.807, 2.05) is 0 Å². The summed E-state index contributed by atoms with van der Waals surface area (Å²) in [6, 6.07) is 10.1. The van der Waals surface area contributed by atoms with Crippen molar-refractivity contribution < 1.29 is 22.3 Å². The lowest BCUT2D eigenvalue weighted by Crippen LogP contribution is -2.34. The van der Waals surface area contributed by atoms with Crippen molar-refractivity contribution in [1.29, 1.82) is 0 Å². The fourth-order valence-electron chi connectivity index (χ4n) is 2.25. The van der Waals surface area contributed by atoms with E-state index in [-0.39, 0.29) is 28.6 Å². The summed E-state index contributed by atoms with van der Waals surface area (Å²) in [5.74, 6) is -0.438. The zero-order valence-electron chi connectivity index (χ0n) is 12.7. The van der Waals surface area contributed by atoms with E-state index in [0.29, 0.717) is 5.75 Å². The number of hydrogen-bond donors (Lipinski definition) is 2.